The van der Waals surface area contributed by atoms with Crippen molar-refractivity contribution in [1.82, 2.24) is 10.2 Å². The average Bonchev–Trinajstić information content (AvgIpc) is 3.45. The van der Waals surface area contributed by atoms with E-state index in [1.165, 1.54) is 5.56 Å². The van der Waals surface area contributed by atoms with E-state index in [0.29, 0.717) is 24.9 Å². The summed E-state index contributed by atoms with van der Waals surface area (Å²) in [6.07, 6.45) is 1.30. The summed E-state index contributed by atoms with van der Waals surface area (Å²) in [5, 5.41) is 3.17. The van der Waals surface area contributed by atoms with Gasteiger partial charge >= 0.3 is 0 Å². The second-order valence-corrected chi connectivity index (χ2v) is 9.24. The first kappa shape index (κ1) is 22.2. The van der Waals surface area contributed by atoms with Gasteiger partial charge in [0.15, 0.2) is 0 Å². The molecule has 1 N–H and O–H groups in total. The molecule has 3 fully saturated rings. The Morgan fingerprint density at radius 3 is 2.71 bits per heavy atom. The lowest BCUT2D eigenvalue weighted by molar-refractivity contribution is -0.126. The monoisotopic (exact) mass is 429 g/mol. The Kier molecular flexibility index (Phi) is 7.25. The van der Waals surface area contributed by atoms with E-state index in [2.05, 4.69) is 36.2 Å². The van der Waals surface area contributed by atoms with Crippen molar-refractivity contribution in [2.45, 2.75) is 38.6 Å². The molecule has 3 unspecified atom stereocenters. The largest absolute Gasteiger partial charge is 0.381 e. The topological polar surface area (TPSA) is 71.1 Å². The third-order valence-electron chi connectivity index (χ3n) is 6.85. The molecule has 2 amide bonds. The van der Waals surface area contributed by atoms with Crippen molar-refractivity contribution in [3.05, 3.63) is 29.8 Å². The SMILES string of the molecule is CC(C)c1cccc(N2CC(C(=O)NCC(C3CCOC3)N3CCOCC3)CC2=O)c1. The zero-order valence-corrected chi connectivity index (χ0v) is 18.7. The number of morpholine rings is 1. The zero-order valence-electron chi connectivity index (χ0n) is 18.7. The Balaban J connectivity index is 1.36. The first-order valence-electron chi connectivity index (χ1n) is 11.6. The highest BCUT2D eigenvalue weighted by Crippen LogP contribution is 2.28. The van der Waals surface area contributed by atoms with Gasteiger partial charge in [0.2, 0.25) is 11.8 Å². The van der Waals surface area contributed by atoms with Crippen molar-refractivity contribution < 1.29 is 19.1 Å². The van der Waals surface area contributed by atoms with Crippen molar-refractivity contribution in [2.75, 3.05) is 57.5 Å². The number of carbonyl (C=O) groups excluding carboxylic acids is 2. The molecular formula is C24H35N3O4. The van der Waals surface area contributed by atoms with Gasteiger partial charge in [-0.3, -0.25) is 14.5 Å². The van der Waals surface area contributed by atoms with Crippen molar-refractivity contribution in [3.8, 4) is 0 Å². The van der Waals surface area contributed by atoms with Gasteiger partial charge in [-0.05, 0) is 30.0 Å². The van der Waals surface area contributed by atoms with E-state index < -0.39 is 0 Å². The maximum absolute atomic E-state index is 13.0. The molecule has 0 radical (unpaired) electrons. The number of benzene rings is 1. The van der Waals surface area contributed by atoms with Crippen LogP contribution in [0.15, 0.2) is 24.3 Å². The molecule has 4 rings (SSSR count). The molecule has 31 heavy (non-hydrogen) atoms. The Hall–Kier alpha value is -1.96. The summed E-state index contributed by atoms with van der Waals surface area (Å²) in [6.45, 7) is 10.1. The summed E-state index contributed by atoms with van der Waals surface area (Å²) < 4.78 is 11.1. The van der Waals surface area contributed by atoms with Gasteiger partial charge in [0.05, 0.1) is 25.7 Å². The Morgan fingerprint density at radius 1 is 1.19 bits per heavy atom. The third-order valence-corrected chi connectivity index (χ3v) is 6.85. The first-order chi connectivity index (χ1) is 15.0. The number of nitrogens with zero attached hydrogens (tertiary/aromatic N) is 2. The van der Waals surface area contributed by atoms with Gasteiger partial charge in [0.25, 0.3) is 0 Å². The first-order valence-corrected chi connectivity index (χ1v) is 11.6. The lowest BCUT2D eigenvalue weighted by Crippen LogP contribution is -2.53. The molecule has 3 aliphatic rings. The van der Waals surface area contributed by atoms with E-state index in [1.54, 1.807) is 4.90 Å². The summed E-state index contributed by atoms with van der Waals surface area (Å²) in [5.74, 6) is 0.524. The van der Waals surface area contributed by atoms with E-state index in [4.69, 9.17) is 9.47 Å². The van der Waals surface area contributed by atoms with Crippen LogP contribution in [-0.4, -0.2) is 75.4 Å². The van der Waals surface area contributed by atoms with E-state index >= 15 is 0 Å². The number of carbonyl (C=O) groups is 2. The van der Waals surface area contributed by atoms with Crippen LogP contribution in [0.2, 0.25) is 0 Å². The molecule has 0 spiro atoms. The fraction of sp³-hybridized carbons (Fsp3) is 0.667. The molecule has 3 atom stereocenters. The lowest BCUT2D eigenvalue weighted by atomic mass is 9.96. The molecule has 3 aliphatic heterocycles. The minimum absolute atomic E-state index is 0.0203. The normalized spacial score (nSPS) is 25.9. The molecule has 7 heteroatoms. The van der Waals surface area contributed by atoms with E-state index in [1.807, 2.05) is 12.1 Å². The molecule has 1 aromatic carbocycles. The highest BCUT2D eigenvalue weighted by molar-refractivity contribution is 6.00. The van der Waals surface area contributed by atoms with Gasteiger partial charge in [-0.15, -0.1) is 0 Å². The van der Waals surface area contributed by atoms with Crippen LogP contribution in [0.25, 0.3) is 0 Å². The number of rotatable bonds is 7. The van der Waals surface area contributed by atoms with Crippen molar-refractivity contribution >= 4 is 17.5 Å². The summed E-state index contributed by atoms with van der Waals surface area (Å²) in [4.78, 5) is 29.8. The number of hydrogen-bond donors (Lipinski definition) is 1. The fourth-order valence-corrected chi connectivity index (χ4v) is 4.89. The molecule has 1 aromatic rings. The zero-order chi connectivity index (χ0) is 21.8. The standard InChI is InChI=1S/C24H35N3O4/c1-17(2)18-4-3-5-21(12-18)27-15-20(13-23(27)28)24(29)25-14-22(19-6-9-31-16-19)26-7-10-30-11-8-26/h3-5,12,17,19-20,22H,6-11,13-16H2,1-2H3,(H,25,29). The van der Waals surface area contributed by atoms with Crippen LogP contribution in [0.5, 0.6) is 0 Å². The summed E-state index contributed by atoms with van der Waals surface area (Å²) in [5.41, 5.74) is 2.09. The Labute approximate surface area is 185 Å². The highest BCUT2D eigenvalue weighted by Gasteiger charge is 2.37. The van der Waals surface area contributed by atoms with Gasteiger partial charge in [0, 0.05) is 56.9 Å². The minimum atomic E-state index is -0.305. The van der Waals surface area contributed by atoms with Crippen LogP contribution in [0.3, 0.4) is 0 Å². The van der Waals surface area contributed by atoms with E-state index in [-0.39, 0.29) is 30.2 Å². The van der Waals surface area contributed by atoms with Crippen LogP contribution in [0.4, 0.5) is 5.69 Å². The Morgan fingerprint density at radius 2 is 2.00 bits per heavy atom. The van der Waals surface area contributed by atoms with E-state index in [9.17, 15) is 9.59 Å². The molecule has 3 saturated heterocycles. The fourth-order valence-electron chi connectivity index (χ4n) is 4.89. The van der Waals surface area contributed by atoms with Crippen LogP contribution in [-0.2, 0) is 19.1 Å². The number of anilines is 1. The van der Waals surface area contributed by atoms with Crippen molar-refractivity contribution in [3.63, 3.8) is 0 Å². The summed E-state index contributed by atoms with van der Waals surface area (Å²) in [6, 6.07) is 8.35. The molecular weight excluding hydrogens is 394 g/mol. The van der Waals surface area contributed by atoms with Gasteiger partial charge in [-0.2, -0.15) is 0 Å². The second kappa shape index (κ2) is 10.1. The molecule has 170 valence electrons. The van der Waals surface area contributed by atoms with Gasteiger partial charge in [-0.1, -0.05) is 26.0 Å². The maximum atomic E-state index is 13.0. The molecule has 0 aliphatic carbocycles. The summed E-state index contributed by atoms with van der Waals surface area (Å²) >= 11 is 0. The highest BCUT2D eigenvalue weighted by atomic mass is 16.5. The van der Waals surface area contributed by atoms with Crippen LogP contribution < -0.4 is 10.2 Å². The predicted molar refractivity (Wildman–Crippen MR) is 119 cm³/mol. The molecule has 0 saturated carbocycles. The number of nitrogens with one attached hydrogen (secondary N) is 1. The third kappa shape index (κ3) is 5.27. The van der Waals surface area contributed by atoms with Gasteiger partial charge in [0.1, 0.15) is 0 Å². The molecule has 0 bridgehead atoms. The van der Waals surface area contributed by atoms with Crippen LogP contribution in [0, 0.1) is 11.8 Å². The van der Waals surface area contributed by atoms with Gasteiger partial charge in [-0.25, -0.2) is 0 Å². The molecule has 0 aromatic heterocycles. The Bertz CT molecular complexity index is 772. The van der Waals surface area contributed by atoms with E-state index in [0.717, 1.165) is 51.6 Å². The molecule has 3 heterocycles. The van der Waals surface area contributed by atoms with Crippen LogP contribution >= 0.6 is 0 Å². The van der Waals surface area contributed by atoms with Gasteiger partial charge < -0.3 is 19.7 Å². The summed E-state index contributed by atoms with van der Waals surface area (Å²) in [7, 11) is 0. The average molecular weight is 430 g/mol. The van der Waals surface area contributed by atoms with Crippen LogP contribution in [0.1, 0.15) is 38.2 Å². The van der Waals surface area contributed by atoms with Crippen molar-refractivity contribution in [2.24, 2.45) is 11.8 Å². The lowest BCUT2D eigenvalue weighted by Gasteiger charge is -2.37. The number of hydrogen-bond acceptors (Lipinski definition) is 5. The smallest absolute Gasteiger partial charge is 0.227 e. The quantitative estimate of drug-likeness (QED) is 0.718. The maximum Gasteiger partial charge on any atom is 0.227 e. The second-order valence-electron chi connectivity index (χ2n) is 9.24. The van der Waals surface area contributed by atoms with Crippen molar-refractivity contribution in [1.29, 1.82) is 0 Å². The number of ether oxygens (including phenoxy) is 2. The predicted octanol–water partition coefficient (Wildman–Crippen LogP) is 2.02. The number of amides is 2. The minimum Gasteiger partial charge on any atom is -0.381 e. The molecule has 7 nitrogen and oxygen atoms in total.